The molecule has 5 heteroatoms. The number of halogens is 4. The van der Waals surface area contributed by atoms with Crippen molar-refractivity contribution in [2.75, 3.05) is 0 Å². The van der Waals surface area contributed by atoms with Gasteiger partial charge in [-0.25, -0.2) is 8.78 Å². The first-order valence-corrected chi connectivity index (χ1v) is 10.3. The van der Waals surface area contributed by atoms with Crippen LogP contribution in [0.2, 0.25) is 0 Å². The van der Waals surface area contributed by atoms with E-state index >= 15 is 0 Å². The van der Waals surface area contributed by atoms with Gasteiger partial charge in [0.05, 0.1) is 5.56 Å². The van der Waals surface area contributed by atoms with Gasteiger partial charge in [-0.1, -0.05) is 48.6 Å². The van der Waals surface area contributed by atoms with Gasteiger partial charge in [0.15, 0.2) is 11.6 Å². The summed E-state index contributed by atoms with van der Waals surface area (Å²) in [5, 5.41) is 0. The molecule has 0 saturated heterocycles. The molecule has 0 heterocycles. The van der Waals surface area contributed by atoms with Gasteiger partial charge >= 0.3 is 6.11 Å². The Morgan fingerprint density at radius 3 is 2.03 bits per heavy atom. The number of benzene rings is 3. The van der Waals surface area contributed by atoms with Gasteiger partial charge < -0.3 is 4.74 Å². The molecule has 0 aliphatic heterocycles. The van der Waals surface area contributed by atoms with E-state index in [2.05, 4.69) is 17.9 Å². The Hall–Kier alpha value is -3.34. The van der Waals surface area contributed by atoms with Crippen molar-refractivity contribution in [1.29, 1.82) is 0 Å². The fourth-order valence-corrected chi connectivity index (χ4v) is 3.28. The maximum Gasteiger partial charge on any atom is 0.426 e. The van der Waals surface area contributed by atoms with E-state index in [-0.39, 0.29) is 0 Å². The van der Waals surface area contributed by atoms with Crippen molar-refractivity contribution in [2.45, 2.75) is 31.8 Å². The van der Waals surface area contributed by atoms with Crippen molar-refractivity contribution in [2.24, 2.45) is 0 Å². The van der Waals surface area contributed by atoms with E-state index in [1.807, 2.05) is 30.3 Å². The Bertz CT molecular complexity index is 1090. The van der Waals surface area contributed by atoms with Gasteiger partial charge in [0, 0.05) is 0 Å². The van der Waals surface area contributed by atoms with Gasteiger partial charge in [0.2, 0.25) is 0 Å². The zero-order chi connectivity index (χ0) is 23.1. The summed E-state index contributed by atoms with van der Waals surface area (Å²) in [6.07, 6.45) is 2.16. The predicted molar refractivity (Wildman–Crippen MR) is 120 cm³/mol. The maximum absolute atomic E-state index is 14.6. The molecule has 0 N–H and O–H groups in total. The molecule has 0 atom stereocenters. The van der Waals surface area contributed by atoms with Crippen LogP contribution in [-0.4, -0.2) is 0 Å². The first-order valence-electron chi connectivity index (χ1n) is 10.3. The van der Waals surface area contributed by atoms with Crippen LogP contribution in [0.3, 0.4) is 0 Å². The highest BCUT2D eigenvalue weighted by Crippen LogP contribution is 2.35. The number of hydrogen-bond acceptors (Lipinski definition) is 1. The lowest BCUT2D eigenvalue weighted by molar-refractivity contribution is -0.187. The predicted octanol–water partition coefficient (Wildman–Crippen LogP) is 8.00. The first-order chi connectivity index (χ1) is 15.3. The zero-order valence-corrected chi connectivity index (χ0v) is 17.6. The van der Waals surface area contributed by atoms with Crippen molar-refractivity contribution in [3.8, 4) is 16.9 Å². The molecule has 3 rings (SSSR count). The Labute approximate surface area is 185 Å². The molecule has 0 bridgehead atoms. The average molecular weight is 440 g/mol. The number of rotatable bonds is 10. The molecule has 166 valence electrons. The number of alkyl halides is 2. The summed E-state index contributed by atoms with van der Waals surface area (Å²) in [6.45, 7) is 7.25. The summed E-state index contributed by atoms with van der Waals surface area (Å²) in [5.41, 5.74) is 2.02. The molecular formula is C27H24F4O. The van der Waals surface area contributed by atoms with E-state index in [4.69, 9.17) is 0 Å². The molecule has 32 heavy (non-hydrogen) atoms. The van der Waals surface area contributed by atoms with Crippen LogP contribution in [0.15, 0.2) is 86.0 Å². The van der Waals surface area contributed by atoms with Crippen LogP contribution in [-0.2, 0) is 19.0 Å². The highest BCUT2D eigenvalue weighted by molar-refractivity contribution is 5.64. The summed E-state index contributed by atoms with van der Waals surface area (Å²) < 4.78 is 62.5. The van der Waals surface area contributed by atoms with Gasteiger partial charge in [-0.05, 0) is 72.2 Å². The molecule has 0 aliphatic carbocycles. The van der Waals surface area contributed by atoms with Crippen LogP contribution < -0.4 is 4.74 Å². The van der Waals surface area contributed by atoms with E-state index in [1.165, 1.54) is 12.1 Å². The third kappa shape index (κ3) is 5.67. The van der Waals surface area contributed by atoms with E-state index < -0.39 is 29.1 Å². The van der Waals surface area contributed by atoms with E-state index in [0.717, 1.165) is 48.2 Å². The highest BCUT2D eigenvalue weighted by Gasteiger charge is 2.36. The first kappa shape index (κ1) is 23.3. The fraction of sp³-hybridized carbons (Fsp3) is 0.185. The maximum atomic E-state index is 14.6. The SMILES string of the molecule is C=CCCc1ccc(-c2ccc(OC(F)(F)c3ccc(CCC=C)c(F)c3)c(F)c2)cc1. The average Bonchev–Trinajstić information content (AvgIpc) is 2.78. The monoisotopic (exact) mass is 440 g/mol. The number of ether oxygens (including phenoxy) is 1. The standard InChI is InChI=1S/C27H24F4O/c1-3-5-7-19-9-11-20(12-10-19)22-14-16-26(25(29)17-22)32-27(30,31)23-15-13-21(8-6-4-2)24(28)18-23/h3-4,9-18H,1-2,5-8H2. The molecule has 0 saturated carbocycles. The van der Waals surface area contributed by atoms with Gasteiger partial charge in [-0.2, -0.15) is 8.78 Å². The zero-order valence-electron chi connectivity index (χ0n) is 17.6. The molecule has 0 spiro atoms. The minimum Gasteiger partial charge on any atom is -0.426 e. The minimum absolute atomic E-state index is 0.301. The van der Waals surface area contributed by atoms with Crippen molar-refractivity contribution in [3.63, 3.8) is 0 Å². The number of allylic oxidation sites excluding steroid dienone is 2. The summed E-state index contributed by atoms with van der Waals surface area (Å²) in [5.74, 6) is -2.31. The summed E-state index contributed by atoms with van der Waals surface area (Å²) in [4.78, 5) is 0. The second-order valence-corrected chi connectivity index (χ2v) is 7.42. The molecule has 1 nitrogen and oxygen atoms in total. The van der Waals surface area contributed by atoms with Gasteiger partial charge in [-0.15, -0.1) is 13.2 Å². The molecule has 0 aromatic heterocycles. The van der Waals surface area contributed by atoms with Crippen molar-refractivity contribution >= 4 is 0 Å². The number of aryl methyl sites for hydroxylation is 2. The van der Waals surface area contributed by atoms with Gasteiger partial charge in [0.25, 0.3) is 0 Å². The van der Waals surface area contributed by atoms with Gasteiger partial charge in [0.1, 0.15) is 5.82 Å². The van der Waals surface area contributed by atoms with Crippen molar-refractivity contribution < 1.29 is 22.3 Å². The van der Waals surface area contributed by atoms with Crippen LogP contribution >= 0.6 is 0 Å². The molecule has 3 aromatic rings. The third-order valence-electron chi connectivity index (χ3n) is 5.10. The molecule has 0 fully saturated rings. The lowest BCUT2D eigenvalue weighted by Crippen LogP contribution is -2.22. The molecule has 0 aliphatic rings. The van der Waals surface area contributed by atoms with Crippen molar-refractivity contribution in [1.82, 2.24) is 0 Å². The molecule has 0 unspecified atom stereocenters. The van der Waals surface area contributed by atoms with Crippen LogP contribution in [0.1, 0.15) is 29.5 Å². The molecule has 0 radical (unpaired) electrons. The van der Waals surface area contributed by atoms with E-state index in [1.54, 1.807) is 6.08 Å². The highest BCUT2D eigenvalue weighted by atomic mass is 19.3. The molecule has 3 aromatic carbocycles. The van der Waals surface area contributed by atoms with E-state index in [9.17, 15) is 17.6 Å². The van der Waals surface area contributed by atoms with E-state index in [0.29, 0.717) is 24.0 Å². The van der Waals surface area contributed by atoms with Gasteiger partial charge in [-0.3, -0.25) is 0 Å². The van der Waals surface area contributed by atoms with Crippen LogP contribution in [0, 0.1) is 11.6 Å². The molecule has 0 amide bonds. The summed E-state index contributed by atoms with van der Waals surface area (Å²) in [7, 11) is 0. The van der Waals surface area contributed by atoms with Crippen LogP contribution in [0.5, 0.6) is 5.75 Å². The minimum atomic E-state index is -3.90. The van der Waals surface area contributed by atoms with Crippen molar-refractivity contribution in [3.05, 3.63) is 114 Å². The Morgan fingerprint density at radius 2 is 1.41 bits per heavy atom. The van der Waals surface area contributed by atoms with Crippen LogP contribution in [0.4, 0.5) is 17.6 Å². The quantitative estimate of drug-likeness (QED) is 0.229. The Kier molecular flexibility index (Phi) is 7.52. The largest absolute Gasteiger partial charge is 0.426 e. The smallest absolute Gasteiger partial charge is 0.426 e. The van der Waals surface area contributed by atoms with Crippen LogP contribution in [0.25, 0.3) is 11.1 Å². The summed E-state index contributed by atoms with van der Waals surface area (Å²) >= 11 is 0. The Balaban J connectivity index is 1.76. The summed E-state index contributed by atoms with van der Waals surface area (Å²) in [6, 6.07) is 14.4. The third-order valence-corrected chi connectivity index (χ3v) is 5.10. The lowest BCUT2D eigenvalue weighted by Gasteiger charge is -2.19. The fourth-order valence-electron chi connectivity index (χ4n) is 3.28. The normalized spacial score (nSPS) is 11.2. The second-order valence-electron chi connectivity index (χ2n) is 7.42. The number of hydrogen-bond donors (Lipinski definition) is 0. The lowest BCUT2D eigenvalue weighted by atomic mass is 10.0. The molecular weight excluding hydrogens is 416 g/mol. The Morgan fingerprint density at radius 1 is 0.750 bits per heavy atom. The second kappa shape index (κ2) is 10.3. The topological polar surface area (TPSA) is 9.23 Å².